The number of esters is 2. The van der Waals surface area contributed by atoms with Crippen LogP contribution in [0.25, 0.3) is 6.08 Å². The normalized spacial score (nSPS) is 24.1. The highest BCUT2D eigenvalue weighted by molar-refractivity contribution is 5.96. The summed E-state index contributed by atoms with van der Waals surface area (Å²) in [4.78, 5) is 66.9. The Balaban J connectivity index is 1.09. The molecule has 3 saturated heterocycles. The number of allylic oxidation sites excluding steroid dienone is 1. The van der Waals surface area contributed by atoms with E-state index in [9.17, 15) is 24.6 Å². The van der Waals surface area contributed by atoms with Crippen LogP contribution in [-0.4, -0.2) is 106 Å². The van der Waals surface area contributed by atoms with E-state index in [4.69, 9.17) is 23.8 Å². The zero-order chi connectivity index (χ0) is 49.9. The van der Waals surface area contributed by atoms with Crippen molar-refractivity contribution in [2.45, 2.75) is 113 Å². The number of benzene rings is 5. The van der Waals surface area contributed by atoms with Crippen LogP contribution in [0.3, 0.4) is 0 Å². The summed E-state index contributed by atoms with van der Waals surface area (Å²) in [6.45, 7) is 4.88. The van der Waals surface area contributed by atoms with Crippen molar-refractivity contribution in [3.63, 3.8) is 0 Å². The van der Waals surface area contributed by atoms with Crippen molar-refractivity contribution in [1.29, 1.82) is 0 Å². The molecule has 2 amide bonds. The molecule has 14 nitrogen and oxygen atoms in total. The molecule has 0 spiro atoms. The molecule has 5 aromatic rings. The number of carbonyl (C=O) groups is 4. The first-order valence-corrected chi connectivity index (χ1v) is 24.3. The van der Waals surface area contributed by atoms with E-state index >= 15 is 4.79 Å². The molecule has 0 radical (unpaired) electrons. The minimum absolute atomic E-state index is 0.00508. The van der Waals surface area contributed by atoms with E-state index in [0.717, 1.165) is 22.3 Å². The highest BCUT2D eigenvalue weighted by Gasteiger charge is 2.77. The molecule has 71 heavy (non-hydrogen) atoms. The summed E-state index contributed by atoms with van der Waals surface area (Å²) < 4.78 is 26.2. The van der Waals surface area contributed by atoms with E-state index in [-0.39, 0.29) is 38.0 Å². The molecule has 2 bridgehead atoms. The van der Waals surface area contributed by atoms with Crippen LogP contribution < -0.4 is 5.32 Å². The smallest absolute Gasteiger partial charge is 0.327 e. The lowest BCUT2D eigenvalue weighted by Crippen LogP contribution is -2.70. The van der Waals surface area contributed by atoms with Gasteiger partial charge in [-0.05, 0) is 61.9 Å². The fourth-order valence-electron chi connectivity index (χ4n) is 10.6. The summed E-state index contributed by atoms with van der Waals surface area (Å²) in [6, 6.07) is 39.8. The third kappa shape index (κ3) is 10.00. The van der Waals surface area contributed by atoms with Gasteiger partial charge in [-0.15, -0.1) is 0 Å². The third-order valence-corrected chi connectivity index (χ3v) is 13.9. The van der Waals surface area contributed by atoms with Gasteiger partial charge in [-0.2, -0.15) is 5.06 Å². The van der Waals surface area contributed by atoms with Crippen LogP contribution in [0.15, 0.2) is 146 Å². The van der Waals surface area contributed by atoms with Crippen LogP contribution in [0.5, 0.6) is 5.75 Å². The maximum absolute atomic E-state index is 16.1. The van der Waals surface area contributed by atoms with Gasteiger partial charge in [0.1, 0.15) is 47.2 Å². The molecule has 14 heteroatoms. The Kier molecular flexibility index (Phi) is 14.3. The molecule has 4 aliphatic rings. The van der Waals surface area contributed by atoms with E-state index < -0.39 is 89.7 Å². The number of hydrogen-bond donors (Lipinski definition) is 3. The number of rotatable bonds is 17. The topological polar surface area (TPSA) is 173 Å². The molecule has 1 aliphatic carbocycles. The van der Waals surface area contributed by atoms with Crippen molar-refractivity contribution in [1.82, 2.24) is 15.3 Å². The number of nitrogens with one attached hydrogen (secondary N) is 1. The minimum Gasteiger partial charge on any atom is -0.508 e. The van der Waals surface area contributed by atoms with Crippen LogP contribution in [0.1, 0.15) is 73.4 Å². The number of hydrogen-bond acceptors (Lipinski definition) is 12. The largest absolute Gasteiger partial charge is 0.508 e. The maximum Gasteiger partial charge on any atom is 0.327 e. The van der Waals surface area contributed by atoms with Gasteiger partial charge in [0.15, 0.2) is 6.04 Å². The number of hydroxylamine groups is 2. The van der Waals surface area contributed by atoms with Gasteiger partial charge in [0.05, 0.1) is 19.2 Å². The minimum atomic E-state index is -1.67. The van der Waals surface area contributed by atoms with Crippen LogP contribution in [-0.2, 0) is 68.1 Å². The Labute approximate surface area is 414 Å². The number of carbonyl (C=O) groups excluding carboxylic acids is 4. The van der Waals surface area contributed by atoms with Gasteiger partial charge in [0.2, 0.25) is 17.6 Å². The first-order chi connectivity index (χ1) is 34.2. The summed E-state index contributed by atoms with van der Waals surface area (Å²) in [5.74, 6) is -3.53. The summed E-state index contributed by atoms with van der Waals surface area (Å²) >= 11 is 0. The molecule has 5 aromatic carbocycles. The molecule has 4 fully saturated rings. The predicted octanol–water partition coefficient (Wildman–Crippen LogP) is 6.80. The number of aliphatic hydroxyl groups is 1. The SMILES string of the molecule is CN(C(=O)C12CC3OC(=O)C1N(Cc1ccccc1C=CCc1ccccc1O)OC2C1OC(c2ccccc2)(c2ccccc2)OC31)C(Cc1ccccc1)C(=O)NC(CO)CCC(=O)OC(C)(C)C. The first kappa shape index (κ1) is 49.3. The molecule has 1 saturated carbocycles. The fourth-order valence-corrected chi connectivity index (χ4v) is 10.6. The lowest BCUT2D eigenvalue weighted by Gasteiger charge is -2.50. The summed E-state index contributed by atoms with van der Waals surface area (Å²) in [5, 5.41) is 25.4. The van der Waals surface area contributed by atoms with Crippen molar-refractivity contribution >= 4 is 29.8 Å². The number of phenolic OH excluding ortho intramolecular Hbond substituents is 1. The Hall–Kier alpha value is -6.68. The van der Waals surface area contributed by atoms with Crippen molar-refractivity contribution in [2.24, 2.45) is 5.41 Å². The second-order valence-electron chi connectivity index (χ2n) is 19.8. The highest BCUT2D eigenvalue weighted by atomic mass is 16.8. The zero-order valence-electron chi connectivity index (χ0n) is 40.4. The Bertz CT molecular complexity index is 2690. The highest BCUT2D eigenvalue weighted by Crippen LogP contribution is 2.60. The molecule has 9 rings (SSSR count). The van der Waals surface area contributed by atoms with Gasteiger partial charge in [-0.1, -0.05) is 146 Å². The van der Waals surface area contributed by atoms with Crippen molar-refractivity contribution in [3.8, 4) is 5.75 Å². The number of aliphatic hydroxyl groups excluding tert-OH is 1. The monoisotopic (exact) mass is 963 g/mol. The molecular weight excluding hydrogens is 903 g/mol. The van der Waals surface area contributed by atoms with Crippen LogP contribution >= 0.6 is 0 Å². The number of likely N-dealkylation sites (N-methyl/N-ethyl adjacent to an activating group) is 1. The van der Waals surface area contributed by atoms with Crippen molar-refractivity contribution in [2.75, 3.05) is 13.7 Å². The number of phenols is 1. The first-order valence-electron chi connectivity index (χ1n) is 24.3. The Morgan fingerprint density at radius 3 is 2.10 bits per heavy atom. The molecular formula is C57H61N3O11. The van der Waals surface area contributed by atoms with E-state index in [2.05, 4.69) is 5.32 Å². The lowest BCUT2D eigenvalue weighted by molar-refractivity contribution is -0.214. The number of aromatic hydroxyl groups is 1. The summed E-state index contributed by atoms with van der Waals surface area (Å²) in [5.41, 5.74) is 2.15. The quantitative estimate of drug-likeness (QED) is 0.0834. The van der Waals surface area contributed by atoms with E-state index in [1.807, 2.05) is 140 Å². The molecule has 370 valence electrons. The van der Waals surface area contributed by atoms with E-state index in [1.54, 1.807) is 40.0 Å². The average molecular weight is 964 g/mol. The molecule has 3 heterocycles. The predicted molar refractivity (Wildman–Crippen MR) is 263 cm³/mol. The summed E-state index contributed by atoms with van der Waals surface area (Å²) in [6.07, 6.45) is 0.577. The van der Waals surface area contributed by atoms with Gasteiger partial charge in [-0.25, -0.2) is 0 Å². The standard InChI is InChI=1S/C57H61N3O11/c1-55(2,3)68-47(63)32-31-43(36-61)58-52(64)44(33-37-19-8-5-9-20-37)59(4)54(66)56-34-46-48-49(70-57(69-48,41-26-10-6-11-27-41)42-28-12-7-13-29-42)51(56)71-60(50(56)53(65)67-46)35-40-23-15-14-21-38(40)24-18-25-39-22-16-17-30-45(39)62/h5-24,26-30,43-44,46,48-51,61-62H,25,31-36H2,1-4H3,(H,58,64). The van der Waals surface area contributed by atoms with Crippen molar-refractivity contribution < 1.29 is 53.2 Å². The zero-order valence-corrected chi connectivity index (χ0v) is 40.4. The Morgan fingerprint density at radius 1 is 0.845 bits per heavy atom. The molecule has 3 N–H and O–H groups in total. The van der Waals surface area contributed by atoms with Gasteiger partial charge < -0.3 is 39.4 Å². The number of fused-ring (bicyclic) bond motifs is 4. The van der Waals surface area contributed by atoms with Gasteiger partial charge in [-0.3, -0.25) is 24.0 Å². The number of nitrogens with zero attached hydrogens (tertiary/aromatic N) is 2. The fraction of sp³-hybridized carbons (Fsp3) is 0.368. The summed E-state index contributed by atoms with van der Waals surface area (Å²) in [7, 11) is 1.55. The number of amides is 2. The van der Waals surface area contributed by atoms with E-state index in [1.165, 1.54) is 9.96 Å². The molecule has 0 aromatic heterocycles. The third-order valence-electron chi connectivity index (χ3n) is 13.9. The molecule has 8 unspecified atom stereocenters. The second kappa shape index (κ2) is 20.6. The van der Waals surface area contributed by atoms with Crippen LogP contribution in [0.4, 0.5) is 0 Å². The Morgan fingerprint density at radius 2 is 1.45 bits per heavy atom. The van der Waals surface area contributed by atoms with Gasteiger partial charge in [0.25, 0.3) is 0 Å². The molecule has 3 aliphatic heterocycles. The van der Waals surface area contributed by atoms with E-state index in [0.29, 0.717) is 17.5 Å². The maximum atomic E-state index is 16.1. The number of ether oxygens (including phenoxy) is 4. The second-order valence-corrected chi connectivity index (χ2v) is 19.8. The van der Waals surface area contributed by atoms with Gasteiger partial charge in [0, 0.05) is 37.4 Å². The number of para-hydroxylation sites is 1. The average Bonchev–Trinajstić information content (AvgIpc) is 3.95. The van der Waals surface area contributed by atoms with Gasteiger partial charge >= 0.3 is 11.9 Å². The van der Waals surface area contributed by atoms with Crippen LogP contribution in [0, 0.1) is 5.41 Å². The van der Waals surface area contributed by atoms with Crippen molar-refractivity contribution in [3.05, 3.63) is 179 Å². The van der Waals surface area contributed by atoms with Crippen LogP contribution in [0.2, 0.25) is 0 Å². The molecule has 8 atom stereocenters. The lowest BCUT2D eigenvalue weighted by atomic mass is 9.62.